The summed E-state index contributed by atoms with van der Waals surface area (Å²) in [6.07, 6.45) is 8.74. The summed E-state index contributed by atoms with van der Waals surface area (Å²) in [6, 6.07) is 0. The Labute approximate surface area is 77.7 Å². The zero-order valence-corrected chi connectivity index (χ0v) is 8.97. The van der Waals surface area contributed by atoms with Crippen LogP contribution in [0.15, 0.2) is 0 Å². The average Bonchev–Trinajstić information content (AvgIpc) is 2.47. The van der Waals surface area contributed by atoms with Crippen LogP contribution >= 0.6 is 0 Å². The van der Waals surface area contributed by atoms with Crippen molar-refractivity contribution >= 4 is 0 Å². The van der Waals surface area contributed by atoms with E-state index in [0.717, 1.165) is 17.8 Å². The van der Waals surface area contributed by atoms with Crippen molar-refractivity contribution < 1.29 is 0 Å². The highest BCUT2D eigenvalue weighted by Gasteiger charge is 2.28. The van der Waals surface area contributed by atoms with Crippen LogP contribution in [0.4, 0.5) is 0 Å². The Balaban J connectivity index is 2.41. The average molecular weight is 168 g/mol. The van der Waals surface area contributed by atoms with Gasteiger partial charge in [-0.05, 0) is 24.2 Å². The second kappa shape index (κ2) is 4.89. The van der Waals surface area contributed by atoms with E-state index in [1.807, 2.05) is 0 Å². The largest absolute Gasteiger partial charge is 0.0654 e. The molecule has 3 atom stereocenters. The molecule has 0 bridgehead atoms. The molecule has 1 fully saturated rings. The molecule has 72 valence electrons. The Hall–Kier alpha value is 0. The maximum absolute atomic E-state index is 2.45. The summed E-state index contributed by atoms with van der Waals surface area (Å²) >= 11 is 0. The van der Waals surface area contributed by atoms with Crippen molar-refractivity contribution in [3.05, 3.63) is 0 Å². The van der Waals surface area contributed by atoms with Gasteiger partial charge in [-0.25, -0.2) is 0 Å². The lowest BCUT2D eigenvalue weighted by atomic mass is 9.81. The van der Waals surface area contributed by atoms with Crippen LogP contribution in [0.25, 0.3) is 0 Å². The van der Waals surface area contributed by atoms with Crippen LogP contribution in [0.3, 0.4) is 0 Å². The molecular formula is C12H24. The summed E-state index contributed by atoms with van der Waals surface area (Å²) in [5, 5.41) is 0. The van der Waals surface area contributed by atoms with Gasteiger partial charge in [0.15, 0.2) is 0 Å². The topological polar surface area (TPSA) is 0 Å². The maximum atomic E-state index is 2.45. The number of hydrogen-bond acceptors (Lipinski definition) is 0. The van der Waals surface area contributed by atoms with Crippen LogP contribution in [0, 0.1) is 17.8 Å². The molecule has 1 saturated carbocycles. The van der Waals surface area contributed by atoms with Gasteiger partial charge in [-0.2, -0.15) is 0 Å². The summed E-state index contributed by atoms with van der Waals surface area (Å²) in [5.74, 6) is 3.11. The molecule has 0 aliphatic heterocycles. The monoisotopic (exact) mass is 168 g/mol. The summed E-state index contributed by atoms with van der Waals surface area (Å²) in [4.78, 5) is 0. The zero-order valence-electron chi connectivity index (χ0n) is 8.97. The van der Waals surface area contributed by atoms with Gasteiger partial charge in [0, 0.05) is 0 Å². The first-order valence-electron chi connectivity index (χ1n) is 5.79. The third kappa shape index (κ3) is 2.24. The van der Waals surface area contributed by atoms with E-state index in [0.29, 0.717) is 0 Å². The first-order chi connectivity index (χ1) is 5.79. The van der Waals surface area contributed by atoms with Gasteiger partial charge in [0.25, 0.3) is 0 Å². The van der Waals surface area contributed by atoms with Gasteiger partial charge < -0.3 is 0 Å². The van der Waals surface area contributed by atoms with Crippen molar-refractivity contribution in [2.24, 2.45) is 17.8 Å². The Morgan fingerprint density at radius 1 is 1.25 bits per heavy atom. The molecule has 1 aliphatic carbocycles. The van der Waals surface area contributed by atoms with Crippen LogP contribution in [0.2, 0.25) is 0 Å². The van der Waals surface area contributed by atoms with Gasteiger partial charge in [0.05, 0.1) is 0 Å². The normalized spacial score (nSPS) is 32.2. The highest BCUT2D eigenvalue weighted by atomic mass is 14.3. The van der Waals surface area contributed by atoms with E-state index < -0.39 is 0 Å². The molecule has 0 spiro atoms. The summed E-state index contributed by atoms with van der Waals surface area (Å²) in [7, 11) is 0. The standard InChI is InChI=1S/C12H24/c1-4-7-11(5-2)12-9-6-8-10(12)3/h10-12H,4-9H2,1-3H3/t10-,11?,12+/m1/s1. The zero-order chi connectivity index (χ0) is 8.97. The van der Waals surface area contributed by atoms with Gasteiger partial charge in [0.1, 0.15) is 0 Å². The predicted octanol–water partition coefficient (Wildman–Crippen LogP) is 4.25. The Bertz CT molecular complexity index is 117. The molecule has 12 heavy (non-hydrogen) atoms. The Morgan fingerprint density at radius 2 is 2.00 bits per heavy atom. The highest BCUT2D eigenvalue weighted by molar-refractivity contribution is 4.79. The van der Waals surface area contributed by atoms with Gasteiger partial charge in [-0.15, -0.1) is 0 Å². The summed E-state index contributed by atoms with van der Waals surface area (Å²) in [5.41, 5.74) is 0. The first kappa shape index (κ1) is 10.1. The molecule has 1 aliphatic rings. The van der Waals surface area contributed by atoms with Crippen molar-refractivity contribution in [1.82, 2.24) is 0 Å². The Kier molecular flexibility index (Phi) is 4.11. The van der Waals surface area contributed by atoms with E-state index in [4.69, 9.17) is 0 Å². The molecule has 0 aromatic carbocycles. The van der Waals surface area contributed by atoms with Gasteiger partial charge >= 0.3 is 0 Å². The first-order valence-corrected chi connectivity index (χ1v) is 5.79. The minimum absolute atomic E-state index is 1.02. The molecule has 1 unspecified atom stereocenters. The van der Waals surface area contributed by atoms with Crippen molar-refractivity contribution in [3.63, 3.8) is 0 Å². The molecule has 0 N–H and O–H groups in total. The van der Waals surface area contributed by atoms with Crippen LogP contribution in [0.5, 0.6) is 0 Å². The molecule has 0 heterocycles. The predicted molar refractivity (Wildman–Crippen MR) is 55.2 cm³/mol. The molecule has 0 radical (unpaired) electrons. The lowest BCUT2D eigenvalue weighted by Gasteiger charge is -2.25. The molecule has 0 aromatic rings. The SMILES string of the molecule is CCCC(CC)[C@H]1CCC[C@H]1C. The molecule has 0 heteroatoms. The highest BCUT2D eigenvalue weighted by Crippen LogP contribution is 2.39. The van der Waals surface area contributed by atoms with Crippen LogP contribution in [-0.2, 0) is 0 Å². The number of hydrogen-bond donors (Lipinski definition) is 0. The summed E-state index contributed by atoms with van der Waals surface area (Å²) in [6.45, 7) is 7.14. The second-order valence-electron chi connectivity index (χ2n) is 4.53. The summed E-state index contributed by atoms with van der Waals surface area (Å²) < 4.78 is 0. The van der Waals surface area contributed by atoms with E-state index in [1.54, 1.807) is 0 Å². The van der Waals surface area contributed by atoms with Crippen molar-refractivity contribution in [1.29, 1.82) is 0 Å². The molecule has 0 nitrogen and oxygen atoms in total. The van der Waals surface area contributed by atoms with Crippen LogP contribution < -0.4 is 0 Å². The van der Waals surface area contributed by atoms with Crippen LogP contribution in [0.1, 0.15) is 59.3 Å². The lowest BCUT2D eigenvalue weighted by Crippen LogP contribution is -2.16. The fraction of sp³-hybridized carbons (Fsp3) is 1.00. The molecular weight excluding hydrogens is 144 g/mol. The third-order valence-corrected chi connectivity index (χ3v) is 3.72. The van der Waals surface area contributed by atoms with E-state index in [2.05, 4.69) is 20.8 Å². The minimum Gasteiger partial charge on any atom is -0.0654 e. The molecule has 0 aromatic heterocycles. The minimum atomic E-state index is 1.02. The van der Waals surface area contributed by atoms with E-state index >= 15 is 0 Å². The molecule has 0 saturated heterocycles. The second-order valence-corrected chi connectivity index (χ2v) is 4.53. The fourth-order valence-corrected chi connectivity index (χ4v) is 2.97. The van der Waals surface area contributed by atoms with Crippen LogP contribution in [-0.4, -0.2) is 0 Å². The van der Waals surface area contributed by atoms with Gasteiger partial charge in [-0.3, -0.25) is 0 Å². The molecule has 0 amide bonds. The van der Waals surface area contributed by atoms with E-state index in [9.17, 15) is 0 Å². The quantitative estimate of drug-likeness (QED) is 0.588. The number of rotatable bonds is 4. The van der Waals surface area contributed by atoms with Crippen molar-refractivity contribution in [3.8, 4) is 0 Å². The third-order valence-electron chi connectivity index (χ3n) is 3.72. The Morgan fingerprint density at radius 3 is 2.42 bits per heavy atom. The van der Waals surface area contributed by atoms with Gasteiger partial charge in [0.2, 0.25) is 0 Å². The molecule has 1 rings (SSSR count). The van der Waals surface area contributed by atoms with Crippen molar-refractivity contribution in [2.45, 2.75) is 59.3 Å². The van der Waals surface area contributed by atoms with Gasteiger partial charge in [-0.1, -0.05) is 52.9 Å². The van der Waals surface area contributed by atoms with E-state index in [1.165, 1.54) is 38.5 Å². The smallest absolute Gasteiger partial charge is 0.0360 e. The van der Waals surface area contributed by atoms with E-state index in [-0.39, 0.29) is 0 Å². The lowest BCUT2D eigenvalue weighted by molar-refractivity contribution is 0.251. The maximum Gasteiger partial charge on any atom is -0.0360 e. The fourth-order valence-electron chi connectivity index (χ4n) is 2.97. The van der Waals surface area contributed by atoms with Crippen molar-refractivity contribution in [2.75, 3.05) is 0 Å².